The predicted octanol–water partition coefficient (Wildman–Crippen LogP) is 4.41. The fourth-order valence-corrected chi connectivity index (χ4v) is 3.48. The molecule has 2 aromatic carbocycles. The lowest BCUT2D eigenvalue weighted by Crippen LogP contribution is -2.54. The molecule has 1 atom stereocenters. The second-order valence-electron chi connectivity index (χ2n) is 8.74. The van der Waals surface area contributed by atoms with E-state index in [0.717, 1.165) is 28.1 Å². The summed E-state index contributed by atoms with van der Waals surface area (Å²) >= 11 is 5.89. The van der Waals surface area contributed by atoms with Crippen LogP contribution in [0.5, 0.6) is 0 Å². The van der Waals surface area contributed by atoms with Gasteiger partial charge in [0.05, 0.1) is 18.7 Å². The number of nitrogens with one attached hydrogen (secondary N) is 4. The monoisotopic (exact) mass is 503 g/mol. The smallest absolute Gasteiger partial charge is 0.341 e. The molecule has 0 aliphatic heterocycles. The maximum atomic E-state index is 12.8. The molecule has 4 N–H and O–H groups in total. The highest BCUT2D eigenvalue weighted by Crippen LogP contribution is 2.17. The molecule has 35 heavy (non-hydrogen) atoms. The Morgan fingerprint density at radius 2 is 1.71 bits per heavy atom. The average Bonchev–Trinajstić information content (AvgIpc) is 2.82. The molecule has 0 radical (unpaired) electrons. The summed E-state index contributed by atoms with van der Waals surface area (Å²) in [5, 5.41) is 3.26. The minimum Gasteiger partial charge on any atom is -0.469 e. The highest BCUT2D eigenvalue weighted by atomic mass is 35.5. The Bertz CT molecular complexity index is 1010. The van der Waals surface area contributed by atoms with Crippen LogP contribution < -0.4 is 21.7 Å². The first kappa shape index (κ1) is 27.9. The molecule has 0 aliphatic carbocycles. The zero-order chi connectivity index (χ0) is 26.0. The van der Waals surface area contributed by atoms with Crippen LogP contribution in [0.15, 0.2) is 42.5 Å². The van der Waals surface area contributed by atoms with Gasteiger partial charge in [0, 0.05) is 18.1 Å². The Morgan fingerprint density at radius 1 is 1.03 bits per heavy atom. The number of hydrogen-bond acceptors (Lipinski definition) is 6. The van der Waals surface area contributed by atoms with E-state index in [1.807, 2.05) is 25.1 Å². The molecule has 190 valence electrons. The number of imide groups is 1. The van der Waals surface area contributed by atoms with Crippen LogP contribution in [0.4, 0.5) is 15.3 Å². The van der Waals surface area contributed by atoms with Crippen LogP contribution >= 0.6 is 11.6 Å². The van der Waals surface area contributed by atoms with Gasteiger partial charge in [0.25, 0.3) is 0 Å². The van der Waals surface area contributed by atoms with Crippen LogP contribution in [0.2, 0.25) is 5.02 Å². The van der Waals surface area contributed by atoms with Gasteiger partial charge in [0.2, 0.25) is 0 Å². The fourth-order valence-electron chi connectivity index (χ4n) is 3.35. The minimum atomic E-state index is -0.741. The summed E-state index contributed by atoms with van der Waals surface area (Å²) < 4.78 is 4.73. The van der Waals surface area contributed by atoms with Crippen molar-refractivity contribution in [3.63, 3.8) is 0 Å². The molecule has 0 spiro atoms. The van der Waals surface area contributed by atoms with E-state index in [1.165, 1.54) is 12.7 Å². The maximum absolute atomic E-state index is 12.8. The van der Waals surface area contributed by atoms with E-state index in [0.29, 0.717) is 10.9 Å². The Morgan fingerprint density at radius 3 is 2.31 bits per heavy atom. The lowest BCUT2D eigenvalue weighted by atomic mass is 9.98. The molecule has 0 aliphatic rings. The molecule has 0 fully saturated rings. The van der Waals surface area contributed by atoms with E-state index < -0.39 is 23.9 Å². The average molecular weight is 504 g/mol. The van der Waals surface area contributed by atoms with Crippen LogP contribution in [0.25, 0.3) is 0 Å². The molecule has 10 heteroatoms. The quantitative estimate of drug-likeness (QED) is 0.282. The molecule has 9 nitrogen and oxygen atoms in total. The molecule has 0 unspecified atom stereocenters. The van der Waals surface area contributed by atoms with Crippen molar-refractivity contribution < 1.29 is 19.1 Å². The molecule has 0 bridgehead atoms. The number of hydrazine groups is 2. The number of benzene rings is 2. The van der Waals surface area contributed by atoms with Crippen molar-refractivity contribution in [2.45, 2.75) is 40.7 Å². The summed E-state index contributed by atoms with van der Waals surface area (Å²) in [5.74, 6) is -0.693. The first-order valence-corrected chi connectivity index (χ1v) is 11.8. The zero-order valence-corrected chi connectivity index (χ0v) is 21.5. The number of carbonyl (C=O) groups excluding carboxylic acids is 3. The third-order valence-corrected chi connectivity index (χ3v) is 5.51. The van der Waals surface area contributed by atoms with E-state index in [-0.39, 0.29) is 13.1 Å². The number of amides is 4. The summed E-state index contributed by atoms with van der Waals surface area (Å²) in [5.41, 5.74) is 11.9. The van der Waals surface area contributed by atoms with Crippen molar-refractivity contribution in [3.05, 3.63) is 64.2 Å². The number of urea groups is 2. The highest BCUT2D eigenvalue weighted by Gasteiger charge is 2.26. The lowest BCUT2D eigenvalue weighted by molar-refractivity contribution is -0.144. The summed E-state index contributed by atoms with van der Waals surface area (Å²) in [4.78, 5) is 38.4. The number of aryl methyl sites for hydroxylation is 1. The molecule has 2 rings (SSSR count). The van der Waals surface area contributed by atoms with Crippen LogP contribution in [0, 0.1) is 18.8 Å². The molecule has 0 saturated heterocycles. The van der Waals surface area contributed by atoms with Crippen LogP contribution in [0.3, 0.4) is 0 Å². The SMILES string of the molecule is COC(=O)[C@@H](C)CN(C(=O)NCc1ccc(Cl)cc1)C(=O)NNNc1ccc(CC(C)C)c(C)c1. The number of anilines is 1. The molecule has 0 saturated carbocycles. The normalized spacial score (nSPS) is 11.5. The summed E-state index contributed by atoms with van der Waals surface area (Å²) in [6.07, 6.45) is 0.981. The van der Waals surface area contributed by atoms with E-state index in [2.05, 4.69) is 35.6 Å². The number of hydrogen-bond donors (Lipinski definition) is 4. The van der Waals surface area contributed by atoms with Gasteiger partial charge in [-0.25, -0.2) is 14.5 Å². The van der Waals surface area contributed by atoms with Gasteiger partial charge in [-0.1, -0.05) is 50.6 Å². The Labute approximate surface area is 211 Å². The first-order valence-electron chi connectivity index (χ1n) is 11.4. The van der Waals surface area contributed by atoms with E-state index in [1.54, 1.807) is 31.2 Å². The van der Waals surface area contributed by atoms with Crippen molar-refractivity contribution >= 4 is 35.3 Å². The largest absolute Gasteiger partial charge is 0.469 e. The number of methoxy groups -OCH3 is 1. The topological polar surface area (TPSA) is 112 Å². The highest BCUT2D eigenvalue weighted by molar-refractivity contribution is 6.30. The number of halogens is 1. The van der Waals surface area contributed by atoms with Crippen molar-refractivity contribution in [1.82, 2.24) is 21.2 Å². The maximum Gasteiger partial charge on any atom is 0.341 e. The molecular formula is C25H34ClN5O4. The van der Waals surface area contributed by atoms with Gasteiger partial charge in [0.1, 0.15) is 0 Å². The van der Waals surface area contributed by atoms with Crippen molar-refractivity contribution in [2.75, 3.05) is 19.1 Å². The van der Waals surface area contributed by atoms with Gasteiger partial charge in [-0.3, -0.25) is 10.2 Å². The van der Waals surface area contributed by atoms with Crippen molar-refractivity contribution in [2.24, 2.45) is 11.8 Å². The van der Waals surface area contributed by atoms with Gasteiger partial charge in [-0.2, -0.15) is 0 Å². The first-order chi connectivity index (χ1) is 16.6. The van der Waals surface area contributed by atoms with Crippen LogP contribution in [0.1, 0.15) is 37.5 Å². The van der Waals surface area contributed by atoms with Gasteiger partial charge in [-0.05, 0) is 60.2 Å². The second-order valence-corrected chi connectivity index (χ2v) is 9.18. The minimum absolute atomic E-state index is 0.171. The van der Waals surface area contributed by atoms with Crippen LogP contribution in [-0.2, 0) is 22.5 Å². The summed E-state index contributed by atoms with van der Waals surface area (Å²) in [6.45, 7) is 7.95. The lowest BCUT2D eigenvalue weighted by Gasteiger charge is -2.24. The third-order valence-electron chi connectivity index (χ3n) is 5.25. The Balaban J connectivity index is 2.00. The number of ether oxygens (including phenoxy) is 1. The standard InChI is InChI=1S/C25H34ClN5O4/c1-16(2)12-20-8-11-22(13-17(20)3)28-30-29-25(34)31(15-18(4)23(32)35-5)24(33)27-14-19-6-9-21(26)10-7-19/h6-11,13,16,18,28,30H,12,14-15H2,1-5H3,(H,27,33)(H,29,34)/t18-/m0/s1. The van der Waals surface area contributed by atoms with E-state index >= 15 is 0 Å². The van der Waals surface area contributed by atoms with E-state index in [9.17, 15) is 14.4 Å². The summed E-state index contributed by atoms with van der Waals surface area (Å²) in [7, 11) is 1.25. The zero-order valence-electron chi connectivity index (χ0n) is 20.8. The van der Waals surface area contributed by atoms with Gasteiger partial charge in [0.15, 0.2) is 0 Å². The molecule has 0 heterocycles. The number of carbonyl (C=O) groups is 3. The van der Waals surface area contributed by atoms with Gasteiger partial charge in [-0.15, -0.1) is 5.53 Å². The van der Waals surface area contributed by atoms with Crippen molar-refractivity contribution in [3.8, 4) is 0 Å². The Kier molecular flexibility index (Phi) is 10.8. The number of rotatable bonds is 10. The molecule has 0 aromatic heterocycles. The van der Waals surface area contributed by atoms with Gasteiger partial charge >= 0.3 is 18.0 Å². The third kappa shape index (κ3) is 9.11. The summed E-state index contributed by atoms with van der Waals surface area (Å²) in [6, 6.07) is 11.5. The molecule has 2 aromatic rings. The predicted molar refractivity (Wildman–Crippen MR) is 137 cm³/mol. The Hall–Kier alpha value is -3.30. The number of nitrogens with zero attached hydrogens (tertiary/aromatic N) is 1. The van der Waals surface area contributed by atoms with Gasteiger partial charge < -0.3 is 15.5 Å². The van der Waals surface area contributed by atoms with E-state index in [4.69, 9.17) is 16.3 Å². The van der Waals surface area contributed by atoms with Crippen LogP contribution in [-0.4, -0.2) is 36.6 Å². The van der Waals surface area contributed by atoms with Crippen molar-refractivity contribution in [1.29, 1.82) is 0 Å². The molecular weight excluding hydrogens is 470 g/mol. The fraction of sp³-hybridized carbons (Fsp3) is 0.400. The molecule has 4 amide bonds. The number of esters is 1. The second kappa shape index (κ2) is 13.6.